The molecule has 0 fully saturated rings. The molecule has 0 saturated carbocycles. The molecule has 0 N–H and O–H groups in total. The topological polar surface area (TPSA) is 29.6 Å². The molecule has 136 heavy (non-hydrogen) atoms. The molecular formula is C130H84N6. The Balaban J connectivity index is 0.000000104. The van der Waals surface area contributed by atoms with Crippen molar-refractivity contribution >= 4 is 174 Å². The standard InChI is InChI=1S/C46H30N2.C44H28N2.C40H26N2/c1-2-11-31(12-3-1)32-21-25-36(26-22-32)47-43-18-8-6-16-38(43)40-29-34(23-27-45(40)47)35-24-28-46-41(30-35)39-17-7-9-19-44(39)48(46)42-20-10-14-33-13-4-5-15-37(33)42;1-3-15-33-29(11-1)13-9-21-39(33)45-41-19-7-5-17-35(41)37-27-31(23-25-43(37)45)32-24-26-44-38(28-32)36-18-6-8-20-42(36)46(44)40-22-10-14-30-12-2-4-16-34(30)40;1-2-13-30(14-3-1)41-37-18-8-6-16-32(37)34-25-28(21-23-39(34)41)29-22-24-40-35(26-29)33-17-7-9-19-38(33)42(40)36-20-10-12-27-11-4-5-15-31(27)36/h1-30H;1-28H;1-26H. The summed E-state index contributed by atoms with van der Waals surface area (Å²) in [4.78, 5) is 0. The van der Waals surface area contributed by atoms with Gasteiger partial charge in [-0.15, -0.1) is 0 Å². The molecule has 29 aromatic rings. The van der Waals surface area contributed by atoms with Gasteiger partial charge >= 0.3 is 0 Å². The van der Waals surface area contributed by atoms with Crippen LogP contribution in [0, 0.1) is 0 Å². The molecule has 0 aliphatic rings. The second-order valence-corrected chi connectivity index (χ2v) is 35.7. The van der Waals surface area contributed by atoms with Gasteiger partial charge in [0.05, 0.1) is 88.9 Å². The number of nitrogens with zero attached hydrogens (tertiary/aromatic N) is 6. The van der Waals surface area contributed by atoms with Crippen molar-refractivity contribution in [2.24, 2.45) is 0 Å². The number of hydrogen-bond donors (Lipinski definition) is 0. The Morgan fingerprint density at radius 2 is 0.272 bits per heavy atom. The van der Waals surface area contributed by atoms with Gasteiger partial charge in [-0.3, -0.25) is 0 Å². The number of para-hydroxylation sites is 7. The Morgan fingerprint density at radius 3 is 0.537 bits per heavy atom. The molecule has 0 atom stereocenters. The Hall–Kier alpha value is -18.1. The van der Waals surface area contributed by atoms with Crippen molar-refractivity contribution < 1.29 is 0 Å². The van der Waals surface area contributed by atoms with Gasteiger partial charge in [-0.25, -0.2) is 0 Å². The van der Waals surface area contributed by atoms with Crippen LogP contribution in [0.5, 0.6) is 0 Å². The van der Waals surface area contributed by atoms with Crippen LogP contribution < -0.4 is 0 Å². The summed E-state index contributed by atoms with van der Waals surface area (Å²) in [6, 6.07) is 185. The molecule has 0 unspecified atom stereocenters. The van der Waals surface area contributed by atoms with Crippen molar-refractivity contribution in [3.63, 3.8) is 0 Å². The molecule has 0 bridgehead atoms. The van der Waals surface area contributed by atoms with E-state index in [1.807, 2.05) is 0 Å². The average Bonchev–Trinajstić information content (AvgIpc) is 1.59. The third kappa shape index (κ3) is 12.6. The lowest BCUT2D eigenvalue weighted by Crippen LogP contribution is -1.95. The number of rotatable bonds is 10. The fourth-order valence-corrected chi connectivity index (χ4v) is 22.1. The Kier molecular flexibility index (Phi) is 18.2. The predicted octanol–water partition coefficient (Wildman–Crippen LogP) is 34.9. The van der Waals surface area contributed by atoms with Crippen LogP contribution in [0.2, 0.25) is 0 Å². The largest absolute Gasteiger partial charge is 0.309 e. The number of benzene rings is 23. The van der Waals surface area contributed by atoms with Crippen LogP contribution in [0.25, 0.3) is 253 Å². The molecule has 0 amide bonds. The molecule has 0 saturated heterocycles. The Labute approximate surface area is 784 Å². The number of hydrogen-bond acceptors (Lipinski definition) is 0. The third-order valence-corrected chi connectivity index (χ3v) is 28.3. The molecule has 6 aromatic heterocycles. The smallest absolute Gasteiger partial charge is 0.0541 e. The van der Waals surface area contributed by atoms with Gasteiger partial charge in [-0.2, -0.15) is 0 Å². The molecule has 6 heteroatoms. The first-order valence-corrected chi connectivity index (χ1v) is 46.8. The van der Waals surface area contributed by atoms with E-state index in [1.165, 1.54) is 247 Å². The SMILES string of the molecule is c1ccc(-c2ccc(-n3c4ccccc4c4cc(-c5ccc6c(c5)c5ccccc5n6-c5cccc6ccccc56)ccc43)cc2)cc1.c1ccc(-n2c3ccccc3c3cc(-c4ccc5c(c4)c4ccccc4n5-c4cccc5ccccc45)ccc32)cc1.c1ccc2c(-n3c4ccccc4c4cc(-c5ccc6c(c5)c5ccccc5n6-c5cccc6ccccc56)ccc43)cccc2c1. The van der Waals surface area contributed by atoms with E-state index in [0.29, 0.717) is 0 Å². The Morgan fingerprint density at radius 1 is 0.0956 bits per heavy atom. The molecule has 0 radical (unpaired) electrons. The molecule has 6 nitrogen and oxygen atoms in total. The molecule has 0 spiro atoms. The summed E-state index contributed by atoms with van der Waals surface area (Å²) in [5.74, 6) is 0. The van der Waals surface area contributed by atoms with Crippen LogP contribution >= 0.6 is 0 Å². The summed E-state index contributed by atoms with van der Waals surface area (Å²) in [7, 11) is 0. The zero-order valence-electron chi connectivity index (χ0n) is 74.2. The fraction of sp³-hybridized carbons (Fsp3) is 0. The Bertz CT molecular complexity index is 9670. The second kappa shape index (κ2) is 31.9. The van der Waals surface area contributed by atoms with Gasteiger partial charge in [0.2, 0.25) is 0 Å². The van der Waals surface area contributed by atoms with Crippen LogP contribution in [0.3, 0.4) is 0 Å². The zero-order valence-corrected chi connectivity index (χ0v) is 74.2. The van der Waals surface area contributed by atoms with E-state index in [-0.39, 0.29) is 0 Å². The average molecular weight is 1730 g/mol. The van der Waals surface area contributed by atoms with Crippen molar-refractivity contribution in [1.82, 2.24) is 27.4 Å². The van der Waals surface area contributed by atoms with E-state index in [1.54, 1.807) is 0 Å². The van der Waals surface area contributed by atoms with Crippen LogP contribution in [-0.4, -0.2) is 27.4 Å². The normalized spacial score (nSPS) is 11.8. The van der Waals surface area contributed by atoms with Gasteiger partial charge in [0, 0.05) is 97.6 Å². The highest BCUT2D eigenvalue weighted by Gasteiger charge is 2.24. The lowest BCUT2D eigenvalue weighted by atomic mass is 10.0. The van der Waals surface area contributed by atoms with E-state index >= 15 is 0 Å². The first kappa shape index (κ1) is 77.8. The van der Waals surface area contributed by atoms with Gasteiger partial charge in [0.25, 0.3) is 0 Å². The van der Waals surface area contributed by atoms with Gasteiger partial charge < -0.3 is 27.4 Å². The maximum Gasteiger partial charge on any atom is 0.0541 e. The van der Waals surface area contributed by atoms with Crippen molar-refractivity contribution in [3.05, 3.63) is 510 Å². The monoisotopic (exact) mass is 1730 g/mol. The van der Waals surface area contributed by atoms with E-state index in [0.717, 1.165) is 5.69 Å². The van der Waals surface area contributed by atoms with E-state index in [2.05, 4.69) is 537 Å². The van der Waals surface area contributed by atoms with Crippen LogP contribution in [0.4, 0.5) is 0 Å². The first-order valence-electron chi connectivity index (χ1n) is 46.8. The van der Waals surface area contributed by atoms with Crippen LogP contribution in [-0.2, 0) is 0 Å². The van der Waals surface area contributed by atoms with E-state index in [4.69, 9.17) is 0 Å². The quantitative estimate of drug-likeness (QED) is 0.131. The molecular weight excluding hydrogens is 1650 g/mol. The maximum absolute atomic E-state index is 2.43. The molecule has 23 aromatic carbocycles. The molecule has 634 valence electrons. The minimum absolute atomic E-state index is 1.16. The lowest BCUT2D eigenvalue weighted by Gasteiger charge is -2.12. The summed E-state index contributed by atoms with van der Waals surface area (Å²) in [6.45, 7) is 0. The van der Waals surface area contributed by atoms with Crippen LogP contribution in [0.1, 0.15) is 0 Å². The lowest BCUT2D eigenvalue weighted by molar-refractivity contribution is 1.18. The summed E-state index contributed by atoms with van der Waals surface area (Å²) in [6.07, 6.45) is 0. The van der Waals surface area contributed by atoms with Gasteiger partial charge in [-0.05, 0) is 224 Å². The molecule has 29 rings (SSSR count). The third-order valence-electron chi connectivity index (χ3n) is 28.3. The number of aromatic nitrogens is 6. The second-order valence-electron chi connectivity index (χ2n) is 35.7. The van der Waals surface area contributed by atoms with E-state index in [9.17, 15) is 0 Å². The van der Waals surface area contributed by atoms with Crippen molar-refractivity contribution in [3.8, 4) is 78.6 Å². The minimum atomic E-state index is 1.16. The highest BCUT2D eigenvalue weighted by atomic mass is 15.0. The van der Waals surface area contributed by atoms with Gasteiger partial charge in [0.1, 0.15) is 0 Å². The van der Waals surface area contributed by atoms with Crippen molar-refractivity contribution in [1.29, 1.82) is 0 Å². The van der Waals surface area contributed by atoms with Gasteiger partial charge in [-0.1, -0.05) is 352 Å². The summed E-state index contributed by atoms with van der Waals surface area (Å²) >= 11 is 0. The zero-order chi connectivity index (χ0) is 89.4. The molecule has 0 aliphatic heterocycles. The highest BCUT2D eigenvalue weighted by molar-refractivity contribution is 6.19. The number of fused-ring (bicyclic) bond motifs is 22. The van der Waals surface area contributed by atoms with Crippen LogP contribution in [0.15, 0.2) is 510 Å². The summed E-state index contributed by atoms with van der Waals surface area (Å²) in [5, 5.41) is 25.2. The van der Waals surface area contributed by atoms with Crippen molar-refractivity contribution in [2.45, 2.75) is 0 Å². The summed E-state index contributed by atoms with van der Waals surface area (Å²) < 4.78 is 14.5. The molecule has 6 heterocycles. The molecule has 0 aliphatic carbocycles. The minimum Gasteiger partial charge on any atom is -0.309 e. The fourth-order valence-electron chi connectivity index (χ4n) is 22.1. The van der Waals surface area contributed by atoms with Crippen molar-refractivity contribution in [2.75, 3.05) is 0 Å². The first-order chi connectivity index (χ1) is 67.5. The summed E-state index contributed by atoms with van der Waals surface area (Å²) in [5.41, 5.74) is 31.6. The van der Waals surface area contributed by atoms with Gasteiger partial charge in [0.15, 0.2) is 0 Å². The predicted molar refractivity (Wildman–Crippen MR) is 577 cm³/mol. The van der Waals surface area contributed by atoms with E-state index < -0.39 is 0 Å². The highest BCUT2D eigenvalue weighted by Crippen LogP contribution is 2.46. The maximum atomic E-state index is 2.43.